The Morgan fingerprint density at radius 1 is 1.24 bits per heavy atom. The molecule has 0 spiro atoms. The predicted octanol–water partition coefficient (Wildman–Crippen LogP) is 2.85. The van der Waals surface area contributed by atoms with Crippen LogP contribution in [0.1, 0.15) is 51.1 Å². The van der Waals surface area contributed by atoms with Gasteiger partial charge in [0.1, 0.15) is 0 Å². The van der Waals surface area contributed by atoms with E-state index in [0.717, 1.165) is 18.7 Å². The van der Waals surface area contributed by atoms with Crippen LogP contribution < -0.4 is 10.9 Å². The van der Waals surface area contributed by atoms with Crippen LogP contribution in [-0.2, 0) is 0 Å². The van der Waals surface area contributed by atoms with Crippen molar-refractivity contribution in [2.45, 2.75) is 52.4 Å². The molecule has 1 rings (SSSR count). The van der Waals surface area contributed by atoms with Crippen molar-refractivity contribution in [3.05, 3.63) is 22.1 Å². The maximum absolute atomic E-state index is 11.2. The first-order chi connectivity index (χ1) is 8.22. The van der Waals surface area contributed by atoms with E-state index in [-0.39, 0.29) is 5.56 Å². The molecule has 0 amide bonds. The number of unbranched alkanes of at least 4 members (excludes halogenated alkanes) is 5. The number of H-pyrrole nitrogens is 1. The predicted molar refractivity (Wildman–Crippen MR) is 71.5 cm³/mol. The summed E-state index contributed by atoms with van der Waals surface area (Å²) in [6.07, 6.45) is 7.61. The topological polar surface area (TPSA) is 57.8 Å². The van der Waals surface area contributed by atoms with Gasteiger partial charge in [-0.25, -0.2) is 4.98 Å². The monoisotopic (exact) mass is 237 g/mol. The second-order valence-corrected chi connectivity index (χ2v) is 4.43. The summed E-state index contributed by atoms with van der Waals surface area (Å²) in [5.41, 5.74) is 0.655. The highest BCUT2D eigenvalue weighted by molar-refractivity contribution is 5.24. The lowest BCUT2D eigenvalue weighted by Gasteiger charge is -2.05. The minimum Gasteiger partial charge on any atom is -0.356 e. The number of nitrogens with one attached hydrogen (secondary N) is 2. The van der Waals surface area contributed by atoms with E-state index in [1.165, 1.54) is 38.2 Å². The minimum atomic E-state index is -0.0945. The van der Waals surface area contributed by atoms with E-state index < -0.39 is 0 Å². The van der Waals surface area contributed by atoms with E-state index >= 15 is 0 Å². The smallest absolute Gasteiger partial charge is 0.252 e. The van der Waals surface area contributed by atoms with Gasteiger partial charge in [0.2, 0.25) is 5.95 Å². The van der Waals surface area contributed by atoms with Gasteiger partial charge in [-0.1, -0.05) is 39.0 Å². The lowest BCUT2D eigenvalue weighted by molar-refractivity contribution is 0.616. The molecule has 1 heterocycles. The van der Waals surface area contributed by atoms with Gasteiger partial charge < -0.3 is 5.32 Å². The Morgan fingerprint density at radius 3 is 2.65 bits per heavy atom. The van der Waals surface area contributed by atoms with Crippen LogP contribution in [0.15, 0.2) is 10.9 Å². The second kappa shape index (κ2) is 7.87. The first-order valence-corrected chi connectivity index (χ1v) is 6.54. The standard InChI is InChI=1S/C13H23N3O/c1-3-4-5-6-7-8-9-14-13-15-11(2)10-12(17)16-13/h10H,3-9H2,1-2H3,(H2,14,15,16,17). The molecule has 1 aromatic rings. The molecule has 17 heavy (non-hydrogen) atoms. The fourth-order valence-corrected chi connectivity index (χ4v) is 1.77. The van der Waals surface area contributed by atoms with E-state index in [9.17, 15) is 4.79 Å². The molecule has 1 aromatic heterocycles. The van der Waals surface area contributed by atoms with E-state index in [1.54, 1.807) is 0 Å². The normalized spacial score (nSPS) is 10.5. The molecule has 4 nitrogen and oxygen atoms in total. The molecule has 0 saturated heterocycles. The zero-order valence-electron chi connectivity index (χ0n) is 10.9. The first-order valence-electron chi connectivity index (χ1n) is 6.54. The number of anilines is 1. The molecule has 0 aliphatic rings. The fraction of sp³-hybridized carbons (Fsp3) is 0.692. The molecular weight excluding hydrogens is 214 g/mol. The molecule has 2 N–H and O–H groups in total. The van der Waals surface area contributed by atoms with Gasteiger partial charge in [0.15, 0.2) is 0 Å². The van der Waals surface area contributed by atoms with E-state index in [0.29, 0.717) is 5.95 Å². The Hall–Kier alpha value is -1.32. The van der Waals surface area contributed by atoms with Crippen molar-refractivity contribution in [1.82, 2.24) is 9.97 Å². The zero-order chi connectivity index (χ0) is 12.5. The highest BCUT2D eigenvalue weighted by Gasteiger charge is 1.96. The molecule has 0 aliphatic carbocycles. The zero-order valence-corrected chi connectivity index (χ0v) is 10.9. The van der Waals surface area contributed by atoms with Crippen molar-refractivity contribution in [3.8, 4) is 0 Å². The third-order valence-corrected chi connectivity index (χ3v) is 2.69. The summed E-state index contributed by atoms with van der Waals surface area (Å²) in [7, 11) is 0. The van der Waals surface area contributed by atoms with Gasteiger partial charge in [0, 0.05) is 18.3 Å². The summed E-state index contributed by atoms with van der Waals surface area (Å²) >= 11 is 0. The lowest BCUT2D eigenvalue weighted by Crippen LogP contribution is -2.13. The summed E-state index contributed by atoms with van der Waals surface area (Å²) < 4.78 is 0. The van der Waals surface area contributed by atoms with Crippen LogP contribution in [0.25, 0.3) is 0 Å². The van der Waals surface area contributed by atoms with Crippen molar-refractivity contribution in [2.24, 2.45) is 0 Å². The Labute approximate surface area is 103 Å². The SMILES string of the molecule is CCCCCCCCNc1nc(C)cc(=O)[nH]1. The maximum atomic E-state index is 11.2. The number of rotatable bonds is 8. The Morgan fingerprint density at radius 2 is 1.94 bits per heavy atom. The highest BCUT2D eigenvalue weighted by Crippen LogP contribution is 2.05. The van der Waals surface area contributed by atoms with Gasteiger partial charge in [-0.05, 0) is 13.3 Å². The molecular formula is C13H23N3O. The number of nitrogens with zero attached hydrogens (tertiary/aromatic N) is 1. The average Bonchev–Trinajstić information content (AvgIpc) is 2.26. The Bertz CT molecular complexity index is 373. The van der Waals surface area contributed by atoms with Crippen LogP contribution in [0.2, 0.25) is 0 Å². The number of hydrogen-bond donors (Lipinski definition) is 2. The molecule has 4 heteroatoms. The average molecular weight is 237 g/mol. The molecule has 0 aromatic carbocycles. The fourth-order valence-electron chi connectivity index (χ4n) is 1.77. The number of aromatic amines is 1. The first kappa shape index (κ1) is 13.7. The van der Waals surface area contributed by atoms with Gasteiger partial charge in [0.25, 0.3) is 5.56 Å². The quantitative estimate of drug-likeness (QED) is 0.683. The summed E-state index contributed by atoms with van der Waals surface area (Å²) in [6.45, 7) is 4.92. The van der Waals surface area contributed by atoms with Crippen molar-refractivity contribution in [1.29, 1.82) is 0 Å². The molecule has 0 radical (unpaired) electrons. The minimum absolute atomic E-state index is 0.0945. The molecule has 0 atom stereocenters. The summed E-state index contributed by atoms with van der Waals surface area (Å²) in [5.74, 6) is 0.587. The van der Waals surface area contributed by atoms with Crippen molar-refractivity contribution in [3.63, 3.8) is 0 Å². The van der Waals surface area contributed by atoms with Gasteiger partial charge in [-0.2, -0.15) is 0 Å². The second-order valence-electron chi connectivity index (χ2n) is 4.43. The van der Waals surface area contributed by atoms with Crippen LogP contribution in [0.3, 0.4) is 0 Å². The van der Waals surface area contributed by atoms with Gasteiger partial charge in [-0.15, -0.1) is 0 Å². The third kappa shape index (κ3) is 6.09. The molecule has 0 aliphatic heterocycles. The van der Waals surface area contributed by atoms with Crippen molar-refractivity contribution < 1.29 is 0 Å². The molecule has 96 valence electrons. The number of aryl methyl sites for hydroxylation is 1. The van der Waals surface area contributed by atoms with Gasteiger partial charge in [-0.3, -0.25) is 9.78 Å². The van der Waals surface area contributed by atoms with E-state index in [4.69, 9.17) is 0 Å². The van der Waals surface area contributed by atoms with Gasteiger partial charge >= 0.3 is 0 Å². The van der Waals surface area contributed by atoms with E-state index in [2.05, 4.69) is 22.2 Å². The Balaban J connectivity index is 2.16. The van der Waals surface area contributed by atoms with Crippen LogP contribution in [-0.4, -0.2) is 16.5 Å². The number of hydrogen-bond acceptors (Lipinski definition) is 3. The highest BCUT2D eigenvalue weighted by atomic mass is 16.1. The lowest BCUT2D eigenvalue weighted by atomic mass is 10.1. The largest absolute Gasteiger partial charge is 0.356 e. The van der Waals surface area contributed by atoms with Crippen molar-refractivity contribution in [2.75, 3.05) is 11.9 Å². The maximum Gasteiger partial charge on any atom is 0.252 e. The molecule has 0 bridgehead atoms. The molecule has 0 fully saturated rings. The number of aromatic nitrogens is 2. The van der Waals surface area contributed by atoms with Crippen LogP contribution >= 0.6 is 0 Å². The van der Waals surface area contributed by atoms with Crippen LogP contribution in [0.4, 0.5) is 5.95 Å². The van der Waals surface area contributed by atoms with Gasteiger partial charge in [0.05, 0.1) is 0 Å². The molecule has 0 unspecified atom stereocenters. The summed E-state index contributed by atoms with van der Waals surface area (Å²) in [6, 6.07) is 1.50. The summed E-state index contributed by atoms with van der Waals surface area (Å²) in [5, 5.41) is 3.15. The van der Waals surface area contributed by atoms with E-state index in [1.807, 2.05) is 6.92 Å². The third-order valence-electron chi connectivity index (χ3n) is 2.69. The summed E-state index contributed by atoms with van der Waals surface area (Å²) in [4.78, 5) is 18.1. The Kier molecular flexibility index (Phi) is 6.37. The van der Waals surface area contributed by atoms with Crippen LogP contribution in [0.5, 0.6) is 0 Å². The molecule has 0 saturated carbocycles. The van der Waals surface area contributed by atoms with Crippen molar-refractivity contribution >= 4 is 5.95 Å². The van der Waals surface area contributed by atoms with Crippen LogP contribution in [0, 0.1) is 6.92 Å².